The van der Waals surface area contributed by atoms with Crippen molar-refractivity contribution in [3.05, 3.63) is 137 Å². The van der Waals surface area contributed by atoms with Gasteiger partial charge in [-0.15, -0.1) is 0 Å². The van der Waals surface area contributed by atoms with Crippen LogP contribution in [0.3, 0.4) is 0 Å². The highest BCUT2D eigenvalue weighted by molar-refractivity contribution is 7.86. The zero-order valence-electron chi connectivity index (χ0n) is 29.6. The number of benzene rings is 4. The first-order valence-corrected chi connectivity index (χ1v) is 19.3. The van der Waals surface area contributed by atoms with Crippen LogP contribution in [0.25, 0.3) is 17.7 Å². The van der Waals surface area contributed by atoms with Gasteiger partial charge in [0.15, 0.2) is 0 Å². The summed E-state index contributed by atoms with van der Waals surface area (Å²) < 4.78 is 32.5. The molecule has 2 aliphatic rings. The van der Waals surface area contributed by atoms with Crippen LogP contribution in [0, 0.1) is 11.3 Å². The molecule has 0 radical (unpaired) electrons. The Hall–Kier alpha value is -4.97. The van der Waals surface area contributed by atoms with Gasteiger partial charge in [-0.2, -0.15) is 13.7 Å². The fourth-order valence-electron chi connectivity index (χ4n) is 6.63. The highest BCUT2D eigenvalue weighted by Crippen LogP contribution is 2.52. The van der Waals surface area contributed by atoms with Gasteiger partial charge in [0.1, 0.15) is 11.6 Å². The predicted octanol–water partition coefficient (Wildman–Crippen LogP) is 9.69. The van der Waals surface area contributed by atoms with Crippen molar-refractivity contribution in [3.63, 3.8) is 0 Å². The third-order valence-corrected chi connectivity index (χ3v) is 10.6. The lowest BCUT2D eigenvalue weighted by Crippen LogP contribution is -2.26. The second-order valence-electron chi connectivity index (χ2n) is 12.8. The maximum atomic E-state index is 12.6. The van der Waals surface area contributed by atoms with Crippen molar-refractivity contribution in [1.29, 1.82) is 5.26 Å². The van der Waals surface area contributed by atoms with Crippen LogP contribution < -0.4 is 4.90 Å². The van der Waals surface area contributed by atoms with Gasteiger partial charge in [0, 0.05) is 23.3 Å². The van der Waals surface area contributed by atoms with E-state index in [1.54, 1.807) is 6.08 Å². The minimum atomic E-state index is -3.64. The maximum absolute atomic E-state index is 12.6. The molecule has 1 fully saturated rings. The lowest BCUT2D eigenvalue weighted by molar-refractivity contribution is -0.138. The second-order valence-corrected chi connectivity index (χ2v) is 14.6. The van der Waals surface area contributed by atoms with Crippen LogP contribution in [0.5, 0.6) is 0 Å². The van der Waals surface area contributed by atoms with E-state index >= 15 is 0 Å². The molecule has 1 aliphatic carbocycles. The summed E-state index contributed by atoms with van der Waals surface area (Å²) in [4.78, 5) is 15.0. The zero-order chi connectivity index (χ0) is 36.2. The largest absolute Gasteiger partial charge is 0.462 e. The van der Waals surface area contributed by atoms with Crippen LogP contribution in [0.2, 0.25) is 0 Å². The molecule has 7 nitrogen and oxygen atoms in total. The highest BCUT2D eigenvalue weighted by Gasteiger charge is 2.42. The molecule has 51 heavy (non-hydrogen) atoms. The summed E-state index contributed by atoms with van der Waals surface area (Å²) >= 11 is 0. The van der Waals surface area contributed by atoms with E-state index in [-0.39, 0.29) is 24.4 Å². The highest BCUT2D eigenvalue weighted by atomic mass is 32.2. The van der Waals surface area contributed by atoms with Crippen LogP contribution in [-0.2, 0) is 23.8 Å². The van der Waals surface area contributed by atoms with Crippen molar-refractivity contribution in [3.8, 4) is 6.07 Å². The van der Waals surface area contributed by atoms with Gasteiger partial charge in [-0.1, -0.05) is 112 Å². The summed E-state index contributed by atoms with van der Waals surface area (Å²) in [5.41, 5.74) is 8.75. The van der Waals surface area contributed by atoms with E-state index in [0.29, 0.717) is 12.0 Å². The molecule has 0 spiro atoms. The molecule has 0 bridgehead atoms. The summed E-state index contributed by atoms with van der Waals surface area (Å²) in [6, 6.07) is 38.0. The molecule has 2 unspecified atom stereocenters. The Bertz CT molecular complexity index is 1940. The van der Waals surface area contributed by atoms with E-state index in [1.165, 1.54) is 35.1 Å². The fourth-order valence-corrected chi connectivity index (χ4v) is 7.27. The maximum Gasteiger partial charge on any atom is 0.348 e. The smallest absolute Gasteiger partial charge is 0.348 e. The third kappa shape index (κ3) is 9.43. The van der Waals surface area contributed by atoms with Crippen molar-refractivity contribution in [2.75, 3.05) is 24.4 Å². The van der Waals surface area contributed by atoms with Gasteiger partial charge < -0.3 is 9.64 Å². The molecule has 8 heteroatoms. The number of unbranched alkanes of at least 4 members (excludes halogenated alkanes) is 1. The molecule has 2 atom stereocenters. The van der Waals surface area contributed by atoms with Crippen LogP contribution in [-0.4, -0.2) is 39.9 Å². The summed E-state index contributed by atoms with van der Waals surface area (Å²) in [5, 5.41) is 9.68. The van der Waals surface area contributed by atoms with Crippen LogP contribution in [0.15, 0.2) is 109 Å². The fraction of sp³-hybridized carbons (Fsp3) is 0.302. The Labute approximate surface area is 303 Å². The van der Waals surface area contributed by atoms with E-state index in [2.05, 4.69) is 114 Å². The van der Waals surface area contributed by atoms with Crippen molar-refractivity contribution in [2.24, 2.45) is 0 Å². The Morgan fingerprint density at radius 3 is 2.08 bits per heavy atom. The number of esters is 1. The van der Waals surface area contributed by atoms with E-state index in [0.717, 1.165) is 48.9 Å². The number of rotatable bonds is 12. The van der Waals surface area contributed by atoms with Gasteiger partial charge in [0.2, 0.25) is 0 Å². The summed E-state index contributed by atoms with van der Waals surface area (Å²) in [6.07, 6.45) is 9.81. The van der Waals surface area contributed by atoms with Gasteiger partial charge in [-0.3, -0.25) is 4.18 Å². The lowest BCUT2D eigenvalue weighted by atomic mass is 9.95. The Balaban J connectivity index is 0.00000120. The number of nitriles is 1. The molecule has 0 saturated heterocycles. The monoisotopic (exact) mass is 702 g/mol. The Kier molecular flexibility index (Phi) is 13.0. The average Bonchev–Trinajstić information content (AvgIpc) is 3.77. The molecular formula is C43H46N2O5S. The van der Waals surface area contributed by atoms with Gasteiger partial charge in [0.05, 0.1) is 19.5 Å². The standard InChI is InChI=1S/C39H36N2O5S.C4H10/c1-45-47(43,44)23-9-22-46-39(42)32(27-40)24-29-18-21-38-36(26-29)34-14-8-15-37(34)41(38)33-19-16-28(17-20-33)25-35(30-10-4-2-5-11-30)31-12-6-3-7-13-31;1-3-4-2/h2-7,10-13,16-21,24-26,34,37H,8-9,14-15,22-23H2,1H3;3-4H2,1-2H3/b32-24+;. The van der Waals surface area contributed by atoms with Crippen LogP contribution >= 0.6 is 0 Å². The van der Waals surface area contributed by atoms with Gasteiger partial charge in [-0.05, 0) is 89.1 Å². The minimum absolute atomic E-state index is 0.0802. The number of hydrogen-bond donors (Lipinski definition) is 0. The number of nitrogens with zero attached hydrogens (tertiary/aromatic N) is 2. The first-order chi connectivity index (χ1) is 24.8. The molecule has 0 amide bonds. The molecule has 1 heterocycles. The number of carbonyl (C=O) groups excluding carboxylic acids is 1. The lowest BCUT2D eigenvalue weighted by Gasteiger charge is -2.27. The molecule has 1 saturated carbocycles. The molecule has 4 aromatic carbocycles. The van der Waals surface area contributed by atoms with Gasteiger partial charge >= 0.3 is 5.97 Å². The number of hydrogen-bond acceptors (Lipinski definition) is 7. The molecule has 4 aromatic rings. The second kappa shape index (κ2) is 17.8. The predicted molar refractivity (Wildman–Crippen MR) is 206 cm³/mol. The summed E-state index contributed by atoms with van der Waals surface area (Å²) in [7, 11) is -2.55. The summed E-state index contributed by atoms with van der Waals surface area (Å²) in [5.74, 6) is -0.686. The number of ether oxygens (including phenoxy) is 1. The Morgan fingerprint density at radius 2 is 1.49 bits per heavy atom. The normalized spacial score (nSPS) is 16.3. The minimum Gasteiger partial charge on any atom is -0.462 e. The first-order valence-electron chi connectivity index (χ1n) is 17.7. The Morgan fingerprint density at radius 1 is 0.863 bits per heavy atom. The first kappa shape index (κ1) is 37.3. The van der Waals surface area contributed by atoms with Crippen molar-refractivity contribution >= 4 is 45.2 Å². The third-order valence-electron chi connectivity index (χ3n) is 9.35. The molecule has 1 aliphatic heterocycles. The molecule has 0 N–H and O–H groups in total. The number of carbonyl (C=O) groups is 1. The van der Waals surface area contributed by atoms with Crippen molar-refractivity contribution < 1.29 is 22.1 Å². The van der Waals surface area contributed by atoms with Crippen LogP contribution in [0.4, 0.5) is 11.4 Å². The molecule has 6 rings (SSSR count). The zero-order valence-corrected chi connectivity index (χ0v) is 30.4. The van der Waals surface area contributed by atoms with E-state index < -0.39 is 16.1 Å². The SMILES string of the molecule is CCCC.COS(=O)(=O)CCCOC(=O)/C(C#N)=C/c1ccc2c(c1)C1CCCC1N2c1ccc(C=C(c2ccccc2)c2ccccc2)cc1. The van der Waals surface area contributed by atoms with Gasteiger partial charge in [-0.25, -0.2) is 4.79 Å². The van der Waals surface area contributed by atoms with E-state index in [9.17, 15) is 18.5 Å². The topological polar surface area (TPSA) is 96.7 Å². The van der Waals surface area contributed by atoms with Crippen LogP contribution in [0.1, 0.15) is 86.1 Å². The number of fused-ring (bicyclic) bond motifs is 3. The molecule has 0 aromatic heterocycles. The van der Waals surface area contributed by atoms with E-state index in [1.807, 2.05) is 24.3 Å². The number of anilines is 2. The molecular weight excluding hydrogens is 657 g/mol. The van der Waals surface area contributed by atoms with Crippen molar-refractivity contribution in [1.82, 2.24) is 0 Å². The average molecular weight is 703 g/mol. The van der Waals surface area contributed by atoms with Crippen molar-refractivity contribution in [2.45, 2.75) is 64.3 Å². The van der Waals surface area contributed by atoms with Gasteiger partial charge in [0.25, 0.3) is 10.1 Å². The molecule has 264 valence electrons. The quantitative estimate of drug-likeness (QED) is 0.0362. The summed E-state index contributed by atoms with van der Waals surface area (Å²) in [6.45, 7) is 4.23. The van der Waals surface area contributed by atoms with E-state index in [4.69, 9.17) is 4.74 Å².